The van der Waals surface area contributed by atoms with E-state index in [4.69, 9.17) is 14.2 Å². The largest absolute Gasteiger partial charge is 0.480 e. The molecule has 2 aromatic carbocycles. The van der Waals surface area contributed by atoms with Gasteiger partial charge in [0.2, 0.25) is 5.69 Å². The lowest BCUT2D eigenvalue weighted by atomic mass is 10.1. The number of hydrogen-bond donors (Lipinski definition) is 0. The Balaban J connectivity index is 1.45. The number of esters is 1. The number of rotatable bonds is 7. The number of morpholine rings is 1. The number of halogens is 1. The van der Waals surface area contributed by atoms with Gasteiger partial charge in [-0.05, 0) is 36.8 Å². The molecule has 3 aromatic rings. The second kappa shape index (κ2) is 10.3. The zero-order chi connectivity index (χ0) is 23.2. The average molecular weight is 453 g/mol. The summed E-state index contributed by atoms with van der Waals surface area (Å²) in [5.41, 5.74) is 1.53. The standard InChI is InChI=1S/C24H24FN3O5/c1-2-31-24(30)23-21(15-28(26-23)19-6-4-3-5-7-19)33-16-22(29)27-12-13-32-20(14-27)17-8-10-18(25)11-9-17/h3-11,15,20H,2,12-14,16H2,1H3. The van der Waals surface area contributed by atoms with Crippen molar-refractivity contribution < 1.29 is 28.2 Å². The van der Waals surface area contributed by atoms with E-state index >= 15 is 0 Å². The van der Waals surface area contributed by atoms with E-state index in [2.05, 4.69) is 5.10 Å². The number of nitrogens with zero attached hydrogens (tertiary/aromatic N) is 3. The van der Waals surface area contributed by atoms with Gasteiger partial charge < -0.3 is 19.1 Å². The van der Waals surface area contributed by atoms with Crippen LogP contribution in [0.1, 0.15) is 29.1 Å². The second-order valence-electron chi connectivity index (χ2n) is 7.38. The monoisotopic (exact) mass is 453 g/mol. The van der Waals surface area contributed by atoms with Crippen molar-refractivity contribution in [1.29, 1.82) is 0 Å². The van der Waals surface area contributed by atoms with Crippen LogP contribution in [0.25, 0.3) is 5.69 Å². The molecule has 1 aliphatic rings. The van der Waals surface area contributed by atoms with Gasteiger partial charge in [0, 0.05) is 6.54 Å². The Labute approximate surface area is 190 Å². The van der Waals surface area contributed by atoms with Crippen LogP contribution < -0.4 is 4.74 Å². The van der Waals surface area contributed by atoms with Crippen LogP contribution in [0.5, 0.6) is 5.75 Å². The zero-order valence-electron chi connectivity index (χ0n) is 18.1. The normalized spacial score (nSPS) is 15.8. The summed E-state index contributed by atoms with van der Waals surface area (Å²) in [5, 5.41) is 4.29. The molecule has 33 heavy (non-hydrogen) atoms. The molecule has 1 aromatic heterocycles. The van der Waals surface area contributed by atoms with Gasteiger partial charge in [-0.3, -0.25) is 4.79 Å². The maximum atomic E-state index is 13.2. The number of ether oxygens (including phenoxy) is 3. The molecule has 0 spiro atoms. The number of hydrogen-bond acceptors (Lipinski definition) is 6. The van der Waals surface area contributed by atoms with Gasteiger partial charge in [0.05, 0.1) is 31.6 Å². The Kier molecular flexibility index (Phi) is 6.99. The number of aromatic nitrogens is 2. The summed E-state index contributed by atoms with van der Waals surface area (Å²) in [6.07, 6.45) is 1.20. The topological polar surface area (TPSA) is 82.9 Å². The number of benzene rings is 2. The van der Waals surface area contributed by atoms with Crippen LogP contribution in [-0.4, -0.2) is 59.5 Å². The highest BCUT2D eigenvalue weighted by Gasteiger charge is 2.27. The quantitative estimate of drug-likeness (QED) is 0.511. The minimum Gasteiger partial charge on any atom is -0.480 e. The highest BCUT2D eigenvalue weighted by Crippen LogP contribution is 2.24. The molecule has 172 valence electrons. The fourth-order valence-electron chi connectivity index (χ4n) is 3.50. The van der Waals surface area contributed by atoms with Crippen LogP contribution in [0, 0.1) is 5.82 Å². The molecule has 1 saturated heterocycles. The van der Waals surface area contributed by atoms with Crippen molar-refractivity contribution in [3.05, 3.63) is 77.9 Å². The maximum Gasteiger partial charge on any atom is 0.362 e. The Morgan fingerprint density at radius 2 is 1.91 bits per heavy atom. The van der Waals surface area contributed by atoms with Gasteiger partial charge >= 0.3 is 5.97 Å². The van der Waals surface area contributed by atoms with Crippen molar-refractivity contribution in [3.8, 4) is 11.4 Å². The predicted molar refractivity (Wildman–Crippen MR) is 117 cm³/mol. The molecule has 0 bridgehead atoms. The minimum atomic E-state index is -0.627. The van der Waals surface area contributed by atoms with Gasteiger partial charge in [-0.2, -0.15) is 5.10 Å². The van der Waals surface area contributed by atoms with Crippen LogP contribution >= 0.6 is 0 Å². The van der Waals surface area contributed by atoms with Gasteiger partial charge in [0.1, 0.15) is 11.9 Å². The number of carbonyl (C=O) groups is 2. The molecule has 8 nitrogen and oxygen atoms in total. The van der Waals surface area contributed by atoms with Gasteiger partial charge in [0.15, 0.2) is 12.4 Å². The summed E-state index contributed by atoms with van der Waals surface area (Å²) in [7, 11) is 0. The van der Waals surface area contributed by atoms with Crippen LogP contribution in [0.4, 0.5) is 4.39 Å². The van der Waals surface area contributed by atoms with Crippen molar-refractivity contribution in [2.24, 2.45) is 0 Å². The highest BCUT2D eigenvalue weighted by molar-refractivity contribution is 5.90. The molecular weight excluding hydrogens is 429 g/mol. The first-order valence-corrected chi connectivity index (χ1v) is 10.6. The van der Waals surface area contributed by atoms with E-state index in [-0.39, 0.29) is 42.5 Å². The molecule has 0 N–H and O–H groups in total. The van der Waals surface area contributed by atoms with Crippen molar-refractivity contribution in [3.63, 3.8) is 0 Å². The van der Waals surface area contributed by atoms with Crippen molar-refractivity contribution in [2.75, 3.05) is 32.9 Å². The van der Waals surface area contributed by atoms with Crippen molar-refractivity contribution in [1.82, 2.24) is 14.7 Å². The smallest absolute Gasteiger partial charge is 0.362 e. The zero-order valence-corrected chi connectivity index (χ0v) is 18.1. The fraction of sp³-hybridized carbons (Fsp3) is 0.292. The molecule has 9 heteroatoms. The first kappa shape index (κ1) is 22.5. The summed E-state index contributed by atoms with van der Waals surface area (Å²) < 4.78 is 31.2. The molecule has 1 fully saturated rings. The molecular formula is C24H24FN3O5. The van der Waals surface area contributed by atoms with Crippen LogP contribution in [0.2, 0.25) is 0 Å². The van der Waals surface area contributed by atoms with E-state index in [1.807, 2.05) is 30.3 Å². The fourth-order valence-corrected chi connectivity index (χ4v) is 3.50. The number of para-hydroxylation sites is 1. The Morgan fingerprint density at radius 3 is 2.64 bits per heavy atom. The van der Waals surface area contributed by atoms with Crippen molar-refractivity contribution >= 4 is 11.9 Å². The molecule has 1 unspecified atom stereocenters. The third-order valence-electron chi connectivity index (χ3n) is 5.18. The SMILES string of the molecule is CCOC(=O)c1nn(-c2ccccc2)cc1OCC(=O)N1CCOC(c2ccc(F)cc2)C1. The van der Waals surface area contributed by atoms with Gasteiger partial charge in [0.25, 0.3) is 5.91 Å². The summed E-state index contributed by atoms with van der Waals surface area (Å²) in [4.78, 5) is 26.8. The molecule has 2 heterocycles. The lowest BCUT2D eigenvalue weighted by Gasteiger charge is -2.33. The number of amides is 1. The second-order valence-corrected chi connectivity index (χ2v) is 7.38. The van der Waals surface area contributed by atoms with E-state index in [0.29, 0.717) is 19.7 Å². The summed E-state index contributed by atoms with van der Waals surface area (Å²) in [6.45, 7) is 2.70. The van der Waals surface area contributed by atoms with E-state index in [1.165, 1.54) is 16.8 Å². The molecule has 4 rings (SSSR count). The molecule has 0 radical (unpaired) electrons. The number of carbonyl (C=O) groups excluding carboxylic acids is 2. The average Bonchev–Trinajstić information content (AvgIpc) is 3.28. The summed E-state index contributed by atoms with van der Waals surface area (Å²) in [5.74, 6) is -1.05. The lowest BCUT2D eigenvalue weighted by molar-refractivity contribution is -0.141. The molecule has 1 aliphatic heterocycles. The predicted octanol–water partition coefficient (Wildman–Crippen LogP) is 3.17. The van der Waals surface area contributed by atoms with Crippen LogP contribution in [-0.2, 0) is 14.3 Å². The van der Waals surface area contributed by atoms with Gasteiger partial charge in [-0.15, -0.1) is 0 Å². The highest BCUT2D eigenvalue weighted by atomic mass is 19.1. The lowest BCUT2D eigenvalue weighted by Crippen LogP contribution is -2.44. The van der Waals surface area contributed by atoms with E-state index in [0.717, 1.165) is 11.3 Å². The first-order chi connectivity index (χ1) is 16.0. The Morgan fingerprint density at radius 1 is 1.15 bits per heavy atom. The molecule has 0 aliphatic carbocycles. The summed E-state index contributed by atoms with van der Waals surface area (Å²) in [6, 6.07) is 15.3. The first-order valence-electron chi connectivity index (χ1n) is 10.6. The molecule has 0 saturated carbocycles. The van der Waals surface area contributed by atoms with E-state index < -0.39 is 5.97 Å². The van der Waals surface area contributed by atoms with Crippen molar-refractivity contribution in [2.45, 2.75) is 13.0 Å². The third-order valence-corrected chi connectivity index (χ3v) is 5.18. The minimum absolute atomic E-state index is 0.000306. The maximum absolute atomic E-state index is 13.2. The third kappa shape index (κ3) is 5.38. The summed E-state index contributed by atoms with van der Waals surface area (Å²) >= 11 is 0. The Hall–Kier alpha value is -3.72. The van der Waals surface area contributed by atoms with Gasteiger partial charge in [-0.1, -0.05) is 30.3 Å². The molecule has 1 atom stereocenters. The van der Waals surface area contributed by atoms with E-state index in [9.17, 15) is 14.0 Å². The molecule has 1 amide bonds. The Bertz CT molecular complexity index is 1100. The van der Waals surface area contributed by atoms with Crippen LogP contribution in [0.15, 0.2) is 60.8 Å². The van der Waals surface area contributed by atoms with Crippen LogP contribution in [0.3, 0.4) is 0 Å². The van der Waals surface area contributed by atoms with E-state index in [1.54, 1.807) is 30.2 Å². The van der Waals surface area contributed by atoms with Gasteiger partial charge in [-0.25, -0.2) is 13.9 Å².